The molecule has 5 rings (SSSR count). The second-order valence-electron chi connectivity index (χ2n) is 7.82. The van der Waals surface area contributed by atoms with Crippen molar-refractivity contribution in [3.63, 3.8) is 0 Å². The van der Waals surface area contributed by atoms with Gasteiger partial charge in [-0.05, 0) is 44.0 Å². The average Bonchev–Trinajstić information content (AvgIpc) is 3.36. The summed E-state index contributed by atoms with van der Waals surface area (Å²) in [5.41, 5.74) is 2.43. The number of aromatic nitrogens is 2. The zero-order valence-corrected chi connectivity index (χ0v) is 16.8. The normalized spacial score (nSPS) is 17.9. The zero-order chi connectivity index (χ0) is 20.7. The van der Waals surface area contributed by atoms with Crippen LogP contribution in [0.25, 0.3) is 11.0 Å². The van der Waals surface area contributed by atoms with Crippen molar-refractivity contribution < 1.29 is 14.3 Å². The Hall–Kier alpha value is -3.26. The zero-order valence-electron chi connectivity index (χ0n) is 16.8. The lowest BCUT2D eigenvalue weighted by Gasteiger charge is -2.35. The van der Waals surface area contributed by atoms with Gasteiger partial charge < -0.3 is 19.8 Å². The highest BCUT2D eigenvalue weighted by Crippen LogP contribution is 2.34. The number of fused-ring (bicyclic) bond motifs is 2. The van der Waals surface area contributed by atoms with Crippen molar-refractivity contribution in [3.8, 4) is 11.5 Å². The quantitative estimate of drug-likeness (QED) is 0.693. The fourth-order valence-electron chi connectivity index (χ4n) is 4.35. The Morgan fingerprint density at radius 1 is 1.13 bits per heavy atom. The van der Waals surface area contributed by atoms with E-state index in [1.807, 2.05) is 41.8 Å². The van der Waals surface area contributed by atoms with E-state index in [1.54, 1.807) is 12.1 Å². The summed E-state index contributed by atoms with van der Waals surface area (Å²) in [6.07, 6.45) is 1.65. The number of carbonyl (C=O) groups excluding carboxylic acids is 1. The molecular weight excluding hydrogens is 384 g/mol. The first-order chi connectivity index (χ1) is 14.6. The van der Waals surface area contributed by atoms with Crippen molar-refractivity contribution in [2.75, 3.05) is 25.2 Å². The molecule has 30 heavy (non-hydrogen) atoms. The van der Waals surface area contributed by atoms with E-state index in [2.05, 4.69) is 15.2 Å². The fourth-order valence-corrected chi connectivity index (χ4v) is 4.35. The maximum atomic E-state index is 12.8. The lowest BCUT2D eigenvalue weighted by atomic mass is 10.0. The lowest BCUT2D eigenvalue weighted by Crippen LogP contribution is -2.46. The Kier molecular flexibility index (Phi) is 4.71. The van der Waals surface area contributed by atoms with Crippen LogP contribution in [-0.2, 0) is 4.79 Å². The van der Waals surface area contributed by atoms with Crippen LogP contribution in [0.4, 0.5) is 5.69 Å². The molecule has 0 aliphatic carbocycles. The summed E-state index contributed by atoms with van der Waals surface area (Å²) in [6.45, 7) is 3.64. The molecule has 2 aliphatic heterocycles. The molecule has 0 radical (unpaired) electrons. The molecule has 3 heterocycles. The highest BCUT2D eigenvalue weighted by molar-refractivity contribution is 5.94. The number of nitrogens with one attached hydrogen (secondary N) is 2. The number of likely N-dealkylation sites (tertiary alicyclic amines) is 1. The average molecular weight is 408 g/mol. The minimum atomic E-state index is -0.268. The monoisotopic (exact) mass is 408 g/mol. The van der Waals surface area contributed by atoms with E-state index in [4.69, 9.17) is 9.47 Å². The van der Waals surface area contributed by atoms with E-state index >= 15 is 0 Å². The van der Waals surface area contributed by atoms with Gasteiger partial charge in [-0.3, -0.25) is 14.3 Å². The van der Waals surface area contributed by atoms with Crippen molar-refractivity contribution in [3.05, 3.63) is 52.9 Å². The standard InChI is InChI=1S/C22H24N4O4/c1-14(21(27)23-15-6-7-19-20(12-15)30-13-29-19)25-10-8-16(9-11-25)26-18-5-3-2-4-17(18)24-22(26)28/h2-7,12,14,16H,8-11,13H2,1H3,(H,23,27)(H,24,28)/t14-/m1/s1. The van der Waals surface area contributed by atoms with Gasteiger partial charge >= 0.3 is 5.69 Å². The van der Waals surface area contributed by atoms with Gasteiger partial charge in [-0.25, -0.2) is 4.79 Å². The number of H-pyrrole nitrogens is 1. The number of piperidine rings is 1. The van der Waals surface area contributed by atoms with E-state index < -0.39 is 0 Å². The number of carbonyl (C=O) groups is 1. The van der Waals surface area contributed by atoms with Crippen LogP contribution in [0.3, 0.4) is 0 Å². The van der Waals surface area contributed by atoms with Gasteiger partial charge in [0, 0.05) is 30.9 Å². The number of hydrogen-bond acceptors (Lipinski definition) is 5. The molecule has 3 aromatic rings. The van der Waals surface area contributed by atoms with Gasteiger partial charge in [-0.15, -0.1) is 0 Å². The van der Waals surface area contributed by atoms with Crippen molar-refractivity contribution in [2.24, 2.45) is 0 Å². The van der Waals surface area contributed by atoms with Crippen LogP contribution < -0.4 is 20.5 Å². The molecule has 1 amide bonds. The molecule has 8 nitrogen and oxygen atoms in total. The Labute approximate surface area is 173 Å². The highest BCUT2D eigenvalue weighted by Gasteiger charge is 2.29. The van der Waals surface area contributed by atoms with Crippen LogP contribution in [-0.4, -0.2) is 46.3 Å². The maximum absolute atomic E-state index is 12.8. The second-order valence-corrected chi connectivity index (χ2v) is 7.82. The predicted molar refractivity (Wildman–Crippen MR) is 113 cm³/mol. The van der Waals surface area contributed by atoms with Crippen molar-refractivity contribution >= 4 is 22.6 Å². The summed E-state index contributed by atoms with van der Waals surface area (Å²) < 4.78 is 12.5. The molecule has 0 bridgehead atoms. The van der Waals surface area contributed by atoms with Crippen LogP contribution in [0, 0.1) is 0 Å². The summed E-state index contributed by atoms with van der Waals surface area (Å²) in [4.78, 5) is 30.3. The number of rotatable bonds is 4. The molecule has 0 saturated carbocycles. The highest BCUT2D eigenvalue weighted by atomic mass is 16.7. The van der Waals surface area contributed by atoms with Crippen molar-refractivity contribution in [1.29, 1.82) is 0 Å². The molecule has 1 saturated heterocycles. The van der Waals surface area contributed by atoms with Crippen LogP contribution in [0.5, 0.6) is 11.5 Å². The van der Waals surface area contributed by atoms with Crippen LogP contribution >= 0.6 is 0 Å². The second kappa shape index (κ2) is 7.53. The first-order valence-corrected chi connectivity index (χ1v) is 10.2. The third-order valence-electron chi connectivity index (χ3n) is 6.06. The summed E-state index contributed by atoms with van der Waals surface area (Å²) in [5.74, 6) is 1.28. The summed E-state index contributed by atoms with van der Waals surface area (Å²) in [5, 5.41) is 2.96. The number of hydrogen-bond donors (Lipinski definition) is 2. The molecule has 156 valence electrons. The molecule has 2 aromatic carbocycles. The number of benzene rings is 2. The first kappa shape index (κ1) is 18.7. The summed E-state index contributed by atoms with van der Waals surface area (Å²) in [6, 6.07) is 13.0. The smallest absolute Gasteiger partial charge is 0.326 e. The number of amides is 1. The molecule has 0 unspecified atom stereocenters. The maximum Gasteiger partial charge on any atom is 0.326 e. The number of imidazole rings is 1. The SMILES string of the molecule is C[C@H](C(=O)Nc1ccc2c(c1)OCO2)N1CCC(n2c(=O)[nH]c3ccccc32)CC1. The summed E-state index contributed by atoms with van der Waals surface area (Å²) >= 11 is 0. The predicted octanol–water partition coefficient (Wildman–Crippen LogP) is 2.72. The molecular formula is C22H24N4O4. The Balaban J connectivity index is 1.23. The number of ether oxygens (including phenoxy) is 2. The van der Waals surface area contributed by atoms with Crippen molar-refractivity contribution in [1.82, 2.24) is 14.5 Å². The third-order valence-corrected chi connectivity index (χ3v) is 6.06. The van der Waals surface area contributed by atoms with Gasteiger partial charge in [-0.1, -0.05) is 12.1 Å². The van der Waals surface area contributed by atoms with Crippen LogP contribution in [0.1, 0.15) is 25.8 Å². The minimum Gasteiger partial charge on any atom is -0.454 e. The number of anilines is 1. The van der Waals surface area contributed by atoms with Gasteiger partial charge in [0.05, 0.1) is 17.1 Å². The Morgan fingerprint density at radius 2 is 1.90 bits per heavy atom. The molecule has 1 atom stereocenters. The Bertz CT molecular complexity index is 1140. The minimum absolute atomic E-state index is 0.0587. The van der Waals surface area contributed by atoms with Crippen LogP contribution in [0.2, 0.25) is 0 Å². The number of aromatic amines is 1. The molecule has 1 aromatic heterocycles. The van der Waals surface area contributed by atoms with Crippen molar-refractivity contribution in [2.45, 2.75) is 31.8 Å². The van der Waals surface area contributed by atoms with E-state index in [0.717, 1.165) is 37.0 Å². The molecule has 8 heteroatoms. The molecule has 1 fully saturated rings. The Morgan fingerprint density at radius 3 is 2.73 bits per heavy atom. The van der Waals surface area contributed by atoms with Gasteiger partial charge in [0.15, 0.2) is 11.5 Å². The number of para-hydroxylation sites is 2. The lowest BCUT2D eigenvalue weighted by molar-refractivity contribution is -0.121. The first-order valence-electron chi connectivity index (χ1n) is 10.2. The van der Waals surface area contributed by atoms with Gasteiger partial charge in [0.25, 0.3) is 0 Å². The van der Waals surface area contributed by atoms with Crippen LogP contribution in [0.15, 0.2) is 47.3 Å². The third kappa shape index (κ3) is 3.33. The molecule has 2 aliphatic rings. The van der Waals surface area contributed by atoms with E-state index in [-0.39, 0.29) is 30.5 Å². The van der Waals surface area contributed by atoms with E-state index in [1.165, 1.54) is 0 Å². The number of nitrogens with zero attached hydrogens (tertiary/aromatic N) is 2. The van der Waals surface area contributed by atoms with Gasteiger partial charge in [0.2, 0.25) is 12.7 Å². The summed E-state index contributed by atoms with van der Waals surface area (Å²) in [7, 11) is 0. The topological polar surface area (TPSA) is 88.6 Å². The molecule has 0 spiro atoms. The van der Waals surface area contributed by atoms with Gasteiger partial charge in [-0.2, -0.15) is 0 Å². The largest absolute Gasteiger partial charge is 0.454 e. The van der Waals surface area contributed by atoms with E-state index in [0.29, 0.717) is 17.2 Å². The van der Waals surface area contributed by atoms with Gasteiger partial charge in [0.1, 0.15) is 0 Å². The fraction of sp³-hybridized carbons (Fsp3) is 0.364. The molecule has 2 N–H and O–H groups in total. The van der Waals surface area contributed by atoms with E-state index in [9.17, 15) is 9.59 Å².